The molecule has 39 heavy (non-hydrogen) atoms. The predicted octanol–water partition coefficient (Wildman–Crippen LogP) is 8.56. The molecule has 8 rings (SSSR count). The van der Waals surface area contributed by atoms with Gasteiger partial charge >= 0.3 is 6.09 Å². The van der Waals surface area contributed by atoms with Crippen LogP contribution in [0.15, 0.2) is 109 Å². The van der Waals surface area contributed by atoms with Crippen molar-refractivity contribution in [3.8, 4) is 11.1 Å². The average molecular weight is 508 g/mol. The summed E-state index contributed by atoms with van der Waals surface area (Å²) in [6, 6.07) is 36.9. The van der Waals surface area contributed by atoms with Crippen LogP contribution in [0.2, 0.25) is 0 Å². The van der Waals surface area contributed by atoms with Crippen molar-refractivity contribution >= 4 is 33.2 Å². The molecule has 190 valence electrons. The number of carbonyl (C=O) groups excluding carboxylic acids is 1. The third kappa shape index (κ3) is 3.53. The van der Waals surface area contributed by atoms with E-state index in [0.717, 1.165) is 19.3 Å². The van der Waals surface area contributed by atoms with E-state index in [2.05, 4.69) is 109 Å². The summed E-state index contributed by atoms with van der Waals surface area (Å²) in [6.07, 6.45) is 5.03. The molecule has 0 radical (unpaired) electrons. The van der Waals surface area contributed by atoms with Gasteiger partial charge in [0.05, 0.1) is 6.04 Å². The fraction of sp³-hybridized carbons (Fsp3) is 0.194. The Morgan fingerprint density at radius 3 is 2.10 bits per heavy atom. The van der Waals surface area contributed by atoms with Gasteiger partial charge in [0.2, 0.25) is 0 Å². The summed E-state index contributed by atoms with van der Waals surface area (Å²) in [5.41, 5.74) is 7.65. The molecule has 2 atom stereocenters. The Bertz CT molecular complexity index is 1760. The van der Waals surface area contributed by atoms with Gasteiger partial charge in [-0.3, -0.25) is 4.90 Å². The lowest BCUT2D eigenvalue weighted by atomic mass is 9.88. The first kappa shape index (κ1) is 22.6. The molecular formula is C36H29NO2. The maximum absolute atomic E-state index is 13.5. The molecule has 5 aromatic carbocycles. The molecular weight excluding hydrogens is 478 g/mol. The van der Waals surface area contributed by atoms with Gasteiger partial charge in [-0.05, 0) is 80.3 Å². The van der Waals surface area contributed by atoms with Crippen LogP contribution in [0.1, 0.15) is 41.9 Å². The Kier molecular flexibility index (Phi) is 5.12. The Balaban J connectivity index is 1.08. The molecule has 2 unspecified atom stereocenters. The second-order valence-corrected chi connectivity index (χ2v) is 11.1. The van der Waals surface area contributed by atoms with Crippen LogP contribution in [0, 0.1) is 0 Å². The predicted molar refractivity (Wildman–Crippen MR) is 158 cm³/mol. The lowest BCUT2D eigenvalue weighted by Gasteiger charge is -2.34. The van der Waals surface area contributed by atoms with Crippen molar-refractivity contribution in [2.75, 3.05) is 6.61 Å². The molecule has 3 aliphatic rings. The fourth-order valence-electron chi connectivity index (χ4n) is 7.30. The van der Waals surface area contributed by atoms with E-state index in [9.17, 15) is 4.79 Å². The van der Waals surface area contributed by atoms with Gasteiger partial charge in [0.1, 0.15) is 6.61 Å². The summed E-state index contributed by atoms with van der Waals surface area (Å²) < 4.78 is 6.09. The van der Waals surface area contributed by atoms with Crippen molar-refractivity contribution in [3.05, 3.63) is 126 Å². The maximum atomic E-state index is 13.5. The van der Waals surface area contributed by atoms with E-state index in [1.165, 1.54) is 54.9 Å². The second kappa shape index (κ2) is 8.84. The second-order valence-electron chi connectivity index (χ2n) is 11.1. The Morgan fingerprint density at radius 1 is 0.718 bits per heavy atom. The van der Waals surface area contributed by atoms with Gasteiger partial charge in [-0.25, -0.2) is 4.79 Å². The highest BCUT2D eigenvalue weighted by molar-refractivity contribution is 6.12. The molecule has 2 bridgehead atoms. The van der Waals surface area contributed by atoms with Crippen LogP contribution in [-0.2, 0) is 4.74 Å². The molecule has 3 nitrogen and oxygen atoms in total. The van der Waals surface area contributed by atoms with Gasteiger partial charge in [0.25, 0.3) is 0 Å². The Labute approximate surface area is 228 Å². The molecule has 1 saturated heterocycles. The van der Waals surface area contributed by atoms with Crippen LogP contribution in [0.25, 0.3) is 38.2 Å². The van der Waals surface area contributed by atoms with Crippen molar-refractivity contribution in [2.24, 2.45) is 0 Å². The molecule has 3 heteroatoms. The van der Waals surface area contributed by atoms with Crippen LogP contribution >= 0.6 is 0 Å². The highest BCUT2D eigenvalue weighted by Gasteiger charge is 2.41. The van der Waals surface area contributed by atoms with Gasteiger partial charge in [0.15, 0.2) is 0 Å². The van der Waals surface area contributed by atoms with E-state index in [4.69, 9.17) is 4.74 Å². The zero-order valence-electron chi connectivity index (χ0n) is 21.7. The minimum atomic E-state index is -0.178. The summed E-state index contributed by atoms with van der Waals surface area (Å²) in [4.78, 5) is 15.6. The molecule has 0 saturated carbocycles. The van der Waals surface area contributed by atoms with E-state index in [1.807, 2.05) is 4.90 Å². The molecule has 1 amide bonds. The molecule has 1 fully saturated rings. The van der Waals surface area contributed by atoms with Crippen LogP contribution < -0.4 is 0 Å². The Hall–Kier alpha value is -4.37. The first-order valence-electron chi connectivity index (χ1n) is 14.0. The smallest absolute Gasteiger partial charge is 0.410 e. The molecule has 0 aromatic heterocycles. The largest absolute Gasteiger partial charge is 0.448 e. The van der Waals surface area contributed by atoms with E-state index in [1.54, 1.807) is 0 Å². The minimum absolute atomic E-state index is 0.0823. The van der Waals surface area contributed by atoms with E-state index >= 15 is 0 Å². The molecule has 0 N–H and O–H groups in total. The number of ether oxygens (including phenoxy) is 1. The third-order valence-electron chi connectivity index (χ3n) is 9.06. The fourth-order valence-corrected chi connectivity index (χ4v) is 7.30. The van der Waals surface area contributed by atoms with Crippen molar-refractivity contribution in [3.63, 3.8) is 0 Å². The molecule has 2 heterocycles. The number of nitrogens with zero attached hydrogens (tertiary/aromatic N) is 1. The van der Waals surface area contributed by atoms with Crippen molar-refractivity contribution in [1.29, 1.82) is 0 Å². The van der Waals surface area contributed by atoms with E-state index < -0.39 is 0 Å². The van der Waals surface area contributed by atoms with Crippen molar-refractivity contribution in [2.45, 2.75) is 37.3 Å². The van der Waals surface area contributed by atoms with Gasteiger partial charge < -0.3 is 4.74 Å². The summed E-state index contributed by atoms with van der Waals surface area (Å²) in [6.45, 7) is 0.370. The number of carbonyl (C=O) groups is 1. The van der Waals surface area contributed by atoms with E-state index in [-0.39, 0.29) is 24.1 Å². The summed E-state index contributed by atoms with van der Waals surface area (Å²) >= 11 is 0. The average Bonchev–Trinajstić information content (AvgIpc) is 3.45. The van der Waals surface area contributed by atoms with Crippen molar-refractivity contribution < 1.29 is 9.53 Å². The topological polar surface area (TPSA) is 29.5 Å². The molecule has 5 aromatic rings. The number of rotatable bonds is 3. The van der Waals surface area contributed by atoms with Crippen molar-refractivity contribution in [1.82, 2.24) is 4.90 Å². The zero-order chi connectivity index (χ0) is 25.9. The van der Waals surface area contributed by atoms with Gasteiger partial charge in [-0.15, -0.1) is 0 Å². The Morgan fingerprint density at radius 2 is 1.36 bits per heavy atom. The molecule has 2 aliphatic heterocycles. The number of hydrogen-bond acceptors (Lipinski definition) is 2. The van der Waals surface area contributed by atoms with Crippen LogP contribution in [-0.4, -0.2) is 29.7 Å². The highest BCUT2D eigenvalue weighted by Crippen LogP contribution is 2.45. The first-order chi connectivity index (χ1) is 19.3. The number of hydrogen-bond donors (Lipinski definition) is 0. The van der Waals surface area contributed by atoms with Crippen LogP contribution in [0.4, 0.5) is 4.79 Å². The number of amides is 1. The summed E-state index contributed by atoms with van der Waals surface area (Å²) in [7, 11) is 0. The van der Waals surface area contributed by atoms with Crippen LogP contribution in [0.5, 0.6) is 0 Å². The normalized spacial score (nSPS) is 19.7. The number of fused-ring (bicyclic) bond motifs is 8. The van der Waals surface area contributed by atoms with Gasteiger partial charge in [-0.2, -0.15) is 0 Å². The monoisotopic (exact) mass is 507 g/mol. The van der Waals surface area contributed by atoms with E-state index in [0.29, 0.717) is 6.61 Å². The quantitative estimate of drug-likeness (QED) is 0.229. The van der Waals surface area contributed by atoms with Crippen LogP contribution in [0.3, 0.4) is 0 Å². The summed E-state index contributed by atoms with van der Waals surface area (Å²) in [5.74, 6) is 0.0823. The maximum Gasteiger partial charge on any atom is 0.410 e. The standard InChI is InChI=1S/C36H29NO2/c38-36(39-22-35-32-15-7-4-12-29(32)30-13-5-8-16-33(30)35)37-25-17-18-26(37)20-24(19-25)34-21-23-9-1-2-10-27(23)28-11-3-6-14-31(28)34/h1-16,19,21,25-26,35H,17-18,20,22H2. The van der Waals surface area contributed by atoms with Gasteiger partial charge in [-0.1, -0.05) is 103 Å². The summed E-state index contributed by atoms with van der Waals surface area (Å²) in [5, 5.41) is 5.13. The third-order valence-corrected chi connectivity index (χ3v) is 9.06. The molecule has 0 spiro atoms. The lowest BCUT2D eigenvalue weighted by molar-refractivity contribution is 0.0867. The SMILES string of the molecule is O=C(OCC1c2ccccc2-c2ccccc21)N1C2C=C(c3cc4ccccc4c4ccccc34)CC1CC2. The highest BCUT2D eigenvalue weighted by atomic mass is 16.6. The first-order valence-corrected chi connectivity index (χ1v) is 14.0. The van der Waals surface area contributed by atoms with Gasteiger partial charge in [0, 0.05) is 12.0 Å². The lowest BCUT2D eigenvalue weighted by Crippen LogP contribution is -2.43. The molecule has 1 aliphatic carbocycles. The minimum Gasteiger partial charge on any atom is -0.448 e. The zero-order valence-corrected chi connectivity index (χ0v) is 21.7. The number of benzene rings is 5.